The minimum atomic E-state index is -3.32. The van der Waals surface area contributed by atoms with Gasteiger partial charge in [0.1, 0.15) is 0 Å². The Morgan fingerprint density at radius 2 is 2.16 bits per heavy atom. The van der Waals surface area contributed by atoms with E-state index in [9.17, 15) is 8.42 Å². The van der Waals surface area contributed by atoms with Gasteiger partial charge in [0.25, 0.3) is 10.2 Å². The second-order valence-electron chi connectivity index (χ2n) is 4.70. The maximum absolute atomic E-state index is 11.9. The van der Waals surface area contributed by atoms with Gasteiger partial charge in [-0.15, -0.1) is 0 Å². The van der Waals surface area contributed by atoms with E-state index in [-0.39, 0.29) is 0 Å². The molecule has 2 N–H and O–H groups in total. The van der Waals surface area contributed by atoms with E-state index in [1.165, 1.54) is 4.31 Å². The lowest BCUT2D eigenvalue weighted by atomic mass is 10.1. The SMILES string of the molecule is CCCCN(C)S(=O)(=O)NCCCc1cn[nH]c1C. The number of nitrogens with zero attached hydrogens (tertiary/aromatic N) is 2. The zero-order valence-electron chi connectivity index (χ0n) is 11.9. The molecule has 1 rings (SSSR count). The van der Waals surface area contributed by atoms with Crippen LogP contribution in [-0.4, -0.2) is 43.1 Å². The minimum Gasteiger partial charge on any atom is -0.283 e. The van der Waals surface area contributed by atoms with Crippen molar-refractivity contribution in [2.45, 2.75) is 39.5 Å². The van der Waals surface area contributed by atoms with Crippen LogP contribution in [0.1, 0.15) is 37.4 Å². The maximum Gasteiger partial charge on any atom is 0.279 e. The fraction of sp³-hybridized carbons (Fsp3) is 0.750. The molecule has 0 saturated heterocycles. The normalized spacial score (nSPS) is 12.2. The number of unbranched alkanes of at least 4 members (excludes halogenated alkanes) is 1. The topological polar surface area (TPSA) is 78.1 Å². The Hall–Kier alpha value is -0.920. The van der Waals surface area contributed by atoms with Crippen LogP contribution in [-0.2, 0) is 16.6 Å². The smallest absolute Gasteiger partial charge is 0.279 e. The number of aromatic nitrogens is 2. The van der Waals surface area contributed by atoms with Gasteiger partial charge in [-0.25, -0.2) is 4.72 Å². The molecular weight excluding hydrogens is 264 g/mol. The average molecular weight is 288 g/mol. The van der Waals surface area contributed by atoms with Crippen LogP contribution in [0.2, 0.25) is 0 Å². The lowest BCUT2D eigenvalue weighted by Crippen LogP contribution is -2.39. The fourth-order valence-corrected chi connectivity index (χ4v) is 2.71. The lowest BCUT2D eigenvalue weighted by Gasteiger charge is -2.17. The van der Waals surface area contributed by atoms with Crippen LogP contribution < -0.4 is 4.72 Å². The second-order valence-corrected chi connectivity index (χ2v) is 6.56. The molecule has 0 unspecified atom stereocenters. The van der Waals surface area contributed by atoms with Gasteiger partial charge in [-0.3, -0.25) is 5.10 Å². The molecule has 0 bridgehead atoms. The zero-order valence-corrected chi connectivity index (χ0v) is 12.8. The predicted octanol–water partition coefficient (Wildman–Crippen LogP) is 1.22. The number of H-pyrrole nitrogens is 1. The summed E-state index contributed by atoms with van der Waals surface area (Å²) in [5.74, 6) is 0. The summed E-state index contributed by atoms with van der Waals surface area (Å²) in [6.07, 6.45) is 5.24. The largest absolute Gasteiger partial charge is 0.283 e. The van der Waals surface area contributed by atoms with Crippen molar-refractivity contribution >= 4 is 10.2 Å². The third kappa shape index (κ3) is 5.30. The molecule has 0 aliphatic heterocycles. The number of hydrogen-bond donors (Lipinski definition) is 2. The van der Waals surface area contributed by atoms with Crippen molar-refractivity contribution in [3.63, 3.8) is 0 Å². The highest BCUT2D eigenvalue weighted by Gasteiger charge is 2.15. The van der Waals surface area contributed by atoms with Crippen molar-refractivity contribution in [3.05, 3.63) is 17.5 Å². The molecule has 0 spiro atoms. The first kappa shape index (κ1) is 16.1. The van der Waals surface area contributed by atoms with Crippen molar-refractivity contribution in [3.8, 4) is 0 Å². The number of aromatic amines is 1. The zero-order chi connectivity index (χ0) is 14.3. The first-order valence-corrected chi connectivity index (χ1v) is 8.11. The Kier molecular flexibility index (Phi) is 6.47. The molecule has 7 heteroatoms. The van der Waals surface area contributed by atoms with Crippen LogP contribution in [0.5, 0.6) is 0 Å². The van der Waals surface area contributed by atoms with Gasteiger partial charge in [0.15, 0.2) is 0 Å². The van der Waals surface area contributed by atoms with Gasteiger partial charge >= 0.3 is 0 Å². The number of aryl methyl sites for hydroxylation is 2. The third-order valence-electron chi connectivity index (χ3n) is 3.08. The predicted molar refractivity (Wildman–Crippen MR) is 76.1 cm³/mol. The monoisotopic (exact) mass is 288 g/mol. The van der Waals surface area contributed by atoms with Crippen molar-refractivity contribution in [1.29, 1.82) is 0 Å². The summed E-state index contributed by atoms with van der Waals surface area (Å²) in [6.45, 7) is 5.02. The van der Waals surface area contributed by atoms with Crippen LogP contribution in [0.4, 0.5) is 0 Å². The third-order valence-corrected chi connectivity index (χ3v) is 4.65. The number of nitrogens with one attached hydrogen (secondary N) is 2. The van der Waals surface area contributed by atoms with Crippen molar-refractivity contribution in [1.82, 2.24) is 19.2 Å². The molecule has 110 valence electrons. The summed E-state index contributed by atoms with van der Waals surface area (Å²) < 4.78 is 27.7. The molecule has 0 aromatic carbocycles. The summed E-state index contributed by atoms with van der Waals surface area (Å²) in [5, 5.41) is 6.81. The van der Waals surface area contributed by atoms with Crippen LogP contribution in [0.15, 0.2) is 6.20 Å². The quantitative estimate of drug-likeness (QED) is 0.671. The Bertz CT molecular complexity index is 470. The number of rotatable bonds is 9. The molecular formula is C12H24N4O2S. The van der Waals surface area contributed by atoms with E-state index in [0.29, 0.717) is 13.1 Å². The summed E-state index contributed by atoms with van der Waals surface area (Å²) in [4.78, 5) is 0. The highest BCUT2D eigenvalue weighted by Crippen LogP contribution is 2.05. The first-order chi connectivity index (χ1) is 8.97. The van der Waals surface area contributed by atoms with Gasteiger partial charge < -0.3 is 0 Å². The maximum atomic E-state index is 11.9. The summed E-state index contributed by atoms with van der Waals surface area (Å²) in [7, 11) is -1.71. The van der Waals surface area contributed by atoms with Gasteiger partial charge in [-0.2, -0.15) is 17.8 Å². The fourth-order valence-electron chi connectivity index (χ4n) is 1.72. The molecule has 19 heavy (non-hydrogen) atoms. The molecule has 0 aliphatic carbocycles. The summed E-state index contributed by atoms with van der Waals surface area (Å²) in [6, 6.07) is 0. The van der Waals surface area contributed by atoms with Gasteiger partial charge in [0, 0.05) is 25.8 Å². The van der Waals surface area contributed by atoms with Gasteiger partial charge in [0.2, 0.25) is 0 Å². The average Bonchev–Trinajstić information content (AvgIpc) is 2.77. The molecule has 6 nitrogen and oxygen atoms in total. The highest BCUT2D eigenvalue weighted by molar-refractivity contribution is 7.87. The van der Waals surface area contributed by atoms with Gasteiger partial charge in [-0.05, 0) is 31.7 Å². The summed E-state index contributed by atoms with van der Waals surface area (Å²) in [5.41, 5.74) is 2.18. The van der Waals surface area contributed by atoms with Crippen molar-refractivity contribution < 1.29 is 8.42 Å². The van der Waals surface area contributed by atoms with Gasteiger partial charge in [0.05, 0.1) is 6.20 Å². The molecule has 1 aromatic rings. The number of hydrogen-bond acceptors (Lipinski definition) is 3. The first-order valence-electron chi connectivity index (χ1n) is 6.67. The van der Waals surface area contributed by atoms with Crippen molar-refractivity contribution in [2.75, 3.05) is 20.1 Å². The van der Waals surface area contributed by atoms with E-state index in [4.69, 9.17) is 0 Å². The molecule has 1 heterocycles. The highest BCUT2D eigenvalue weighted by atomic mass is 32.2. The van der Waals surface area contributed by atoms with E-state index in [0.717, 1.165) is 36.9 Å². The van der Waals surface area contributed by atoms with E-state index in [1.807, 2.05) is 13.8 Å². The molecule has 1 aromatic heterocycles. The van der Waals surface area contributed by atoms with Crippen molar-refractivity contribution in [2.24, 2.45) is 0 Å². The molecule has 0 radical (unpaired) electrons. The Morgan fingerprint density at radius 3 is 2.74 bits per heavy atom. The Labute approximate surface area is 115 Å². The van der Waals surface area contributed by atoms with Crippen LogP contribution in [0.25, 0.3) is 0 Å². The second kappa shape index (κ2) is 7.62. The van der Waals surface area contributed by atoms with E-state index in [2.05, 4.69) is 14.9 Å². The Balaban J connectivity index is 2.30. The van der Waals surface area contributed by atoms with Crippen LogP contribution in [0, 0.1) is 6.92 Å². The molecule has 0 fully saturated rings. The minimum absolute atomic E-state index is 0.448. The van der Waals surface area contributed by atoms with E-state index in [1.54, 1.807) is 13.2 Å². The van der Waals surface area contributed by atoms with E-state index < -0.39 is 10.2 Å². The molecule has 0 aliphatic rings. The lowest BCUT2D eigenvalue weighted by molar-refractivity contribution is 0.448. The molecule has 0 amide bonds. The standard InChI is InChI=1S/C12H24N4O2S/c1-4-5-9-16(3)19(17,18)14-8-6-7-12-10-13-15-11(12)2/h10,14H,4-9H2,1-3H3,(H,13,15). The van der Waals surface area contributed by atoms with Crippen LogP contribution in [0.3, 0.4) is 0 Å². The Morgan fingerprint density at radius 1 is 1.42 bits per heavy atom. The molecule has 0 atom stereocenters. The molecule has 0 saturated carbocycles. The van der Waals surface area contributed by atoms with Gasteiger partial charge in [-0.1, -0.05) is 13.3 Å². The summed E-state index contributed by atoms with van der Waals surface area (Å²) >= 11 is 0. The van der Waals surface area contributed by atoms with E-state index >= 15 is 0 Å². The van der Waals surface area contributed by atoms with Crippen LogP contribution >= 0.6 is 0 Å².